The summed E-state index contributed by atoms with van der Waals surface area (Å²) >= 11 is 12.1. The molecular weight excluding hydrogens is 583 g/mol. The third-order valence-corrected chi connectivity index (χ3v) is 9.30. The highest BCUT2D eigenvalue weighted by atomic mass is 35.5. The van der Waals surface area contributed by atoms with Crippen molar-refractivity contribution in [1.29, 1.82) is 0 Å². The number of ketones is 1. The largest absolute Gasteiger partial charge is 0.508 e. The number of nitrogens with one attached hydrogen (secondary N) is 1. The number of carbonyl (C=O) groups excluding carboxylic acids is 2. The van der Waals surface area contributed by atoms with Gasteiger partial charge in [-0.2, -0.15) is 4.31 Å². The molecule has 2 aromatic carbocycles. The summed E-state index contributed by atoms with van der Waals surface area (Å²) in [6.07, 6.45) is 0.446. The van der Waals surface area contributed by atoms with Crippen LogP contribution in [-0.2, 0) is 35.7 Å². The second-order valence-electron chi connectivity index (χ2n) is 11.0. The van der Waals surface area contributed by atoms with E-state index in [9.17, 15) is 33.0 Å². The fraction of sp³-hybridized carbons (Fsp3) is 0.444. The summed E-state index contributed by atoms with van der Waals surface area (Å²) in [4.78, 5) is 44.2. The molecule has 1 aliphatic heterocycles. The molecule has 10 nitrogen and oxygen atoms in total. The Morgan fingerprint density at radius 2 is 1.68 bits per heavy atom. The van der Waals surface area contributed by atoms with Crippen LogP contribution < -0.4 is 5.48 Å². The number of hydrogen-bond acceptors (Lipinski definition) is 8. The molecule has 0 amide bonds. The molecule has 0 radical (unpaired) electrons. The molecular formula is C27H32Cl2N2O8S. The van der Waals surface area contributed by atoms with Gasteiger partial charge in [-0.1, -0.05) is 56.1 Å². The Hall–Kier alpha value is -2.70. The van der Waals surface area contributed by atoms with Crippen LogP contribution in [0.5, 0.6) is 5.75 Å². The first-order chi connectivity index (χ1) is 18.5. The molecule has 2 aromatic rings. The van der Waals surface area contributed by atoms with Crippen LogP contribution in [0.15, 0.2) is 47.4 Å². The first kappa shape index (κ1) is 31.8. The Bertz CT molecular complexity index is 1370. The highest BCUT2D eigenvalue weighted by Crippen LogP contribution is 2.41. The van der Waals surface area contributed by atoms with E-state index in [4.69, 9.17) is 28.0 Å². The second-order valence-corrected chi connectivity index (χ2v) is 13.8. The van der Waals surface area contributed by atoms with Crippen LogP contribution in [0.4, 0.5) is 0 Å². The standard InChI is InChI=1S/C27H32Cl2N2O8S/c1-26(2,3)22(25(36)39-30-21(24(34)35)12-16-6-8-19(32)9-7-16)23(33)27(4)10-5-11-31(27)40(37,38)20-14-17(28)13-18(29)15-20/h6-9,13-15,21-22,30,32H,5,10-12H2,1-4H3,(H,34,35)/t21?,22-,27?/m0/s1. The number of Topliss-reactive ketones (excluding diaryl/α,β-unsaturated/α-hetero) is 1. The molecule has 1 aliphatic rings. The number of halogens is 2. The highest BCUT2D eigenvalue weighted by molar-refractivity contribution is 7.89. The molecule has 0 aliphatic carbocycles. The Labute approximate surface area is 243 Å². The zero-order valence-electron chi connectivity index (χ0n) is 22.5. The van der Waals surface area contributed by atoms with Gasteiger partial charge in [0, 0.05) is 23.0 Å². The quantitative estimate of drug-likeness (QED) is 0.264. The van der Waals surface area contributed by atoms with Gasteiger partial charge in [-0.05, 0) is 61.1 Å². The molecule has 3 rings (SSSR count). The summed E-state index contributed by atoms with van der Waals surface area (Å²) in [5, 5.41) is 19.3. The number of benzene rings is 2. The molecule has 1 heterocycles. The molecule has 0 spiro atoms. The van der Waals surface area contributed by atoms with Crippen molar-refractivity contribution >= 4 is 50.9 Å². The summed E-state index contributed by atoms with van der Waals surface area (Å²) in [5.74, 6) is -4.44. The van der Waals surface area contributed by atoms with Crippen molar-refractivity contribution in [2.24, 2.45) is 11.3 Å². The lowest BCUT2D eigenvalue weighted by Gasteiger charge is -2.38. The van der Waals surface area contributed by atoms with E-state index in [0.29, 0.717) is 12.0 Å². The lowest BCUT2D eigenvalue weighted by Crippen LogP contribution is -2.57. The van der Waals surface area contributed by atoms with E-state index in [0.717, 1.165) is 4.31 Å². The normalized spacial score (nSPS) is 19.6. The molecule has 0 bridgehead atoms. The van der Waals surface area contributed by atoms with Gasteiger partial charge in [0.05, 0.1) is 10.4 Å². The van der Waals surface area contributed by atoms with Crippen LogP contribution in [0.1, 0.15) is 46.1 Å². The first-order valence-electron chi connectivity index (χ1n) is 12.5. The maximum Gasteiger partial charge on any atom is 0.335 e. The number of aliphatic carboxylic acids is 1. The number of nitrogens with zero attached hydrogens (tertiary/aromatic N) is 1. The van der Waals surface area contributed by atoms with Crippen molar-refractivity contribution in [3.05, 3.63) is 58.1 Å². The molecule has 2 unspecified atom stereocenters. The average molecular weight is 616 g/mol. The number of sulfonamides is 1. The predicted octanol–water partition coefficient (Wildman–Crippen LogP) is 4.22. The molecule has 3 atom stereocenters. The summed E-state index contributed by atoms with van der Waals surface area (Å²) in [6.45, 7) is 6.41. The van der Waals surface area contributed by atoms with E-state index in [-0.39, 0.29) is 40.1 Å². The number of aromatic hydroxyl groups is 1. The number of phenolic OH excluding ortho intramolecular Hbond substituents is 1. The Kier molecular flexibility index (Phi) is 9.58. The van der Waals surface area contributed by atoms with E-state index in [1.807, 2.05) is 0 Å². The lowest BCUT2D eigenvalue weighted by atomic mass is 9.72. The van der Waals surface area contributed by atoms with Crippen molar-refractivity contribution in [3.8, 4) is 5.75 Å². The van der Waals surface area contributed by atoms with Crippen molar-refractivity contribution in [2.45, 2.75) is 63.4 Å². The summed E-state index contributed by atoms with van der Waals surface area (Å²) in [7, 11) is -4.24. The van der Waals surface area contributed by atoms with Crippen molar-refractivity contribution in [3.63, 3.8) is 0 Å². The zero-order valence-corrected chi connectivity index (χ0v) is 24.8. The fourth-order valence-electron chi connectivity index (χ4n) is 4.77. The molecule has 218 valence electrons. The predicted molar refractivity (Wildman–Crippen MR) is 148 cm³/mol. The van der Waals surface area contributed by atoms with Crippen molar-refractivity contribution < 1.29 is 37.9 Å². The molecule has 0 saturated carbocycles. The number of carbonyl (C=O) groups is 3. The van der Waals surface area contributed by atoms with E-state index in [1.165, 1.54) is 49.4 Å². The summed E-state index contributed by atoms with van der Waals surface area (Å²) < 4.78 is 28.3. The monoisotopic (exact) mass is 614 g/mol. The minimum Gasteiger partial charge on any atom is -0.508 e. The smallest absolute Gasteiger partial charge is 0.335 e. The number of hydrogen-bond donors (Lipinski definition) is 3. The number of rotatable bonds is 10. The molecule has 0 aromatic heterocycles. The number of carboxylic acid groups (broad SMARTS) is 1. The van der Waals surface area contributed by atoms with Gasteiger partial charge < -0.3 is 15.1 Å². The van der Waals surface area contributed by atoms with E-state index >= 15 is 0 Å². The van der Waals surface area contributed by atoms with Crippen molar-refractivity contribution in [1.82, 2.24) is 9.79 Å². The zero-order chi connectivity index (χ0) is 30.0. The van der Waals surface area contributed by atoms with Gasteiger partial charge in [0.1, 0.15) is 17.7 Å². The van der Waals surface area contributed by atoms with Crippen LogP contribution >= 0.6 is 23.2 Å². The fourth-order valence-corrected chi connectivity index (χ4v) is 7.32. The van der Waals surface area contributed by atoms with Gasteiger partial charge >= 0.3 is 11.9 Å². The molecule has 3 N–H and O–H groups in total. The van der Waals surface area contributed by atoms with Crippen LogP contribution in [0, 0.1) is 11.3 Å². The molecule has 1 saturated heterocycles. The van der Waals surface area contributed by atoms with E-state index in [1.54, 1.807) is 20.8 Å². The van der Waals surface area contributed by atoms with Crippen LogP contribution in [0.3, 0.4) is 0 Å². The molecule has 40 heavy (non-hydrogen) atoms. The van der Waals surface area contributed by atoms with E-state index in [2.05, 4.69) is 5.48 Å². The van der Waals surface area contributed by atoms with E-state index < -0.39 is 50.7 Å². The number of hydroxylamine groups is 1. The van der Waals surface area contributed by atoms with Gasteiger partial charge in [0.25, 0.3) is 0 Å². The minimum atomic E-state index is -4.24. The number of carboxylic acids is 1. The van der Waals surface area contributed by atoms with Gasteiger partial charge in [0.2, 0.25) is 10.0 Å². The van der Waals surface area contributed by atoms with Gasteiger partial charge in [-0.3, -0.25) is 9.59 Å². The van der Waals surface area contributed by atoms with Crippen molar-refractivity contribution in [2.75, 3.05) is 6.54 Å². The summed E-state index contributed by atoms with van der Waals surface area (Å²) in [5.41, 5.74) is 0.198. The number of phenols is 1. The van der Waals surface area contributed by atoms with Crippen LogP contribution in [0.25, 0.3) is 0 Å². The SMILES string of the molecule is CC(C)(C)[C@H](C(=O)ONC(Cc1ccc(O)cc1)C(=O)O)C(=O)C1(C)CCCN1S(=O)(=O)c1cc(Cl)cc(Cl)c1. The average Bonchev–Trinajstić information content (AvgIpc) is 3.25. The minimum absolute atomic E-state index is 0.0106. The van der Waals surface area contributed by atoms with Gasteiger partial charge in [0.15, 0.2) is 5.78 Å². The molecule has 13 heteroatoms. The Morgan fingerprint density at radius 3 is 2.20 bits per heavy atom. The summed E-state index contributed by atoms with van der Waals surface area (Å²) in [6, 6.07) is 8.37. The van der Waals surface area contributed by atoms with Crippen LogP contribution in [-0.4, -0.2) is 58.8 Å². The third-order valence-electron chi connectivity index (χ3n) is 6.87. The first-order valence-corrected chi connectivity index (χ1v) is 14.7. The van der Waals surface area contributed by atoms with Gasteiger partial charge in [-0.25, -0.2) is 13.2 Å². The molecule has 1 fully saturated rings. The topological polar surface area (TPSA) is 150 Å². The second kappa shape index (κ2) is 12.0. The Balaban J connectivity index is 1.87. The maximum atomic E-state index is 14.1. The Morgan fingerprint density at radius 1 is 1.10 bits per heavy atom. The lowest BCUT2D eigenvalue weighted by molar-refractivity contribution is -0.168. The highest BCUT2D eigenvalue weighted by Gasteiger charge is 2.55. The van der Waals surface area contributed by atoms with Gasteiger partial charge in [-0.15, -0.1) is 5.48 Å². The third kappa shape index (κ3) is 6.95. The van der Waals surface area contributed by atoms with Crippen LogP contribution in [0.2, 0.25) is 10.0 Å². The maximum absolute atomic E-state index is 14.1.